The third kappa shape index (κ3) is 1.83. The van der Waals surface area contributed by atoms with Crippen LogP contribution in [-0.2, 0) is 9.59 Å². The minimum absolute atomic E-state index is 0.0661. The van der Waals surface area contributed by atoms with Gasteiger partial charge in [0.15, 0.2) is 5.54 Å². The summed E-state index contributed by atoms with van der Waals surface area (Å²) in [6.07, 6.45) is 1.38. The highest BCUT2D eigenvalue weighted by Gasteiger charge is 2.44. The molecule has 0 aromatic heterocycles. The topological polar surface area (TPSA) is 86.6 Å². The van der Waals surface area contributed by atoms with Crippen molar-refractivity contribution in [1.82, 2.24) is 5.32 Å². The summed E-state index contributed by atoms with van der Waals surface area (Å²) in [5.74, 6) is -2.63. The molecule has 82 valence electrons. The zero-order chi connectivity index (χ0) is 11.8. The summed E-state index contributed by atoms with van der Waals surface area (Å²) in [6.45, 7) is 2.87. The van der Waals surface area contributed by atoms with Gasteiger partial charge in [0.1, 0.15) is 0 Å². The Balaban J connectivity index is 3.39. The molecule has 0 radical (unpaired) electrons. The van der Waals surface area contributed by atoms with Crippen LogP contribution in [0.25, 0.3) is 0 Å². The van der Waals surface area contributed by atoms with E-state index in [1.807, 2.05) is 0 Å². The van der Waals surface area contributed by atoms with Crippen LogP contribution in [0.4, 0.5) is 0 Å². The Morgan fingerprint density at radius 3 is 2.40 bits per heavy atom. The highest BCUT2D eigenvalue weighted by atomic mass is 35.5. The van der Waals surface area contributed by atoms with E-state index in [9.17, 15) is 9.59 Å². The number of aliphatic carboxylic acids is 2. The highest BCUT2D eigenvalue weighted by molar-refractivity contribution is 6.34. The molecule has 1 atom stereocenters. The summed E-state index contributed by atoms with van der Waals surface area (Å²) in [4.78, 5) is 22.0. The maximum absolute atomic E-state index is 11.0. The normalized spacial score (nSPS) is 25.7. The third-order valence-electron chi connectivity index (χ3n) is 2.17. The predicted molar refractivity (Wildman–Crippen MR) is 53.4 cm³/mol. The van der Waals surface area contributed by atoms with Crippen molar-refractivity contribution in [2.24, 2.45) is 0 Å². The number of carboxylic acid groups (broad SMARTS) is 2. The van der Waals surface area contributed by atoms with E-state index in [2.05, 4.69) is 5.32 Å². The maximum atomic E-state index is 11.0. The van der Waals surface area contributed by atoms with Crippen molar-refractivity contribution in [3.05, 3.63) is 22.4 Å². The summed E-state index contributed by atoms with van der Waals surface area (Å²) in [6, 6.07) is 0. The first kappa shape index (κ1) is 11.6. The number of nitrogens with one attached hydrogen (secondary N) is 1. The minimum atomic E-state index is -1.69. The van der Waals surface area contributed by atoms with Crippen molar-refractivity contribution in [2.45, 2.75) is 19.4 Å². The van der Waals surface area contributed by atoms with Crippen molar-refractivity contribution in [2.75, 3.05) is 0 Å². The van der Waals surface area contributed by atoms with Crippen LogP contribution in [0.1, 0.15) is 13.8 Å². The Hall–Kier alpha value is -1.49. The molecule has 0 aromatic carbocycles. The maximum Gasteiger partial charge on any atom is 0.336 e. The van der Waals surface area contributed by atoms with Crippen LogP contribution in [0.5, 0.6) is 0 Å². The zero-order valence-electron chi connectivity index (χ0n) is 8.17. The average Bonchev–Trinajstić information content (AvgIpc) is 2.00. The van der Waals surface area contributed by atoms with Gasteiger partial charge in [0, 0.05) is 5.70 Å². The molecule has 1 unspecified atom stereocenters. The van der Waals surface area contributed by atoms with E-state index in [0.29, 0.717) is 5.70 Å². The summed E-state index contributed by atoms with van der Waals surface area (Å²) in [5.41, 5.74) is -1.54. The van der Waals surface area contributed by atoms with Crippen molar-refractivity contribution in [1.29, 1.82) is 0 Å². The number of rotatable bonds is 2. The Bertz CT molecular complexity index is 399. The molecule has 5 nitrogen and oxygen atoms in total. The molecule has 0 spiro atoms. The van der Waals surface area contributed by atoms with Gasteiger partial charge in [-0.05, 0) is 19.9 Å². The van der Waals surface area contributed by atoms with E-state index in [1.165, 1.54) is 13.0 Å². The summed E-state index contributed by atoms with van der Waals surface area (Å²) >= 11 is 5.72. The Labute approximate surface area is 91.0 Å². The molecule has 1 rings (SSSR count). The van der Waals surface area contributed by atoms with Crippen LogP contribution in [0.15, 0.2) is 22.4 Å². The van der Waals surface area contributed by atoms with E-state index in [-0.39, 0.29) is 10.6 Å². The van der Waals surface area contributed by atoms with Gasteiger partial charge in [-0.1, -0.05) is 11.6 Å². The SMILES string of the molecule is CC1=CC(Cl)=C(C(=O)O)C(C)(C(=O)O)N1. The predicted octanol–water partition coefficient (Wildman–Crippen LogP) is 0.914. The first-order chi connectivity index (χ1) is 6.79. The molecule has 1 heterocycles. The second-order valence-electron chi connectivity index (χ2n) is 3.41. The first-order valence-electron chi connectivity index (χ1n) is 4.12. The number of dihydropyridines is 1. The smallest absolute Gasteiger partial charge is 0.336 e. The average molecular weight is 232 g/mol. The number of hydrogen-bond acceptors (Lipinski definition) is 3. The second-order valence-corrected chi connectivity index (χ2v) is 3.82. The van der Waals surface area contributed by atoms with E-state index >= 15 is 0 Å². The van der Waals surface area contributed by atoms with Gasteiger partial charge in [-0.2, -0.15) is 0 Å². The lowest BCUT2D eigenvalue weighted by Crippen LogP contribution is -2.53. The fraction of sp³-hybridized carbons (Fsp3) is 0.333. The van der Waals surface area contributed by atoms with Crippen LogP contribution < -0.4 is 5.32 Å². The van der Waals surface area contributed by atoms with Gasteiger partial charge in [-0.15, -0.1) is 0 Å². The standard InChI is InChI=1S/C9H10ClNO4/c1-4-3-5(10)6(7(12)13)9(2,11-4)8(14)15/h3,11H,1-2H3,(H,12,13)(H,14,15). The van der Waals surface area contributed by atoms with Gasteiger partial charge in [0.05, 0.1) is 10.6 Å². The molecule has 0 saturated carbocycles. The molecule has 0 fully saturated rings. The summed E-state index contributed by atoms with van der Waals surface area (Å²) in [5, 5.41) is 20.4. The van der Waals surface area contributed by atoms with Crippen molar-refractivity contribution in [3.8, 4) is 0 Å². The lowest BCUT2D eigenvalue weighted by Gasteiger charge is -2.31. The summed E-state index contributed by atoms with van der Waals surface area (Å²) < 4.78 is 0. The Morgan fingerprint density at radius 1 is 1.47 bits per heavy atom. The van der Waals surface area contributed by atoms with E-state index in [4.69, 9.17) is 21.8 Å². The van der Waals surface area contributed by atoms with Gasteiger partial charge in [-0.3, -0.25) is 0 Å². The van der Waals surface area contributed by atoms with Crippen LogP contribution >= 0.6 is 11.6 Å². The molecule has 1 aliphatic heterocycles. The fourth-order valence-corrected chi connectivity index (χ4v) is 1.90. The van der Waals surface area contributed by atoms with Crippen molar-refractivity contribution in [3.63, 3.8) is 0 Å². The molecule has 3 N–H and O–H groups in total. The number of halogens is 1. The minimum Gasteiger partial charge on any atom is -0.479 e. The monoisotopic (exact) mass is 231 g/mol. The third-order valence-corrected chi connectivity index (χ3v) is 2.47. The molecular formula is C9H10ClNO4. The van der Waals surface area contributed by atoms with E-state index in [0.717, 1.165) is 0 Å². The number of carboxylic acids is 2. The number of carbonyl (C=O) groups is 2. The Kier molecular flexibility index (Phi) is 2.77. The van der Waals surface area contributed by atoms with Gasteiger partial charge in [-0.25, -0.2) is 9.59 Å². The zero-order valence-corrected chi connectivity index (χ0v) is 8.92. The van der Waals surface area contributed by atoms with Crippen LogP contribution in [0.2, 0.25) is 0 Å². The highest BCUT2D eigenvalue weighted by Crippen LogP contribution is 2.29. The van der Waals surface area contributed by atoms with Gasteiger partial charge >= 0.3 is 11.9 Å². The van der Waals surface area contributed by atoms with E-state index < -0.39 is 17.5 Å². The van der Waals surface area contributed by atoms with Gasteiger partial charge in [0.25, 0.3) is 0 Å². The fourth-order valence-electron chi connectivity index (χ4n) is 1.47. The van der Waals surface area contributed by atoms with Crippen LogP contribution in [0, 0.1) is 0 Å². The Morgan fingerprint density at radius 2 is 2.00 bits per heavy atom. The lowest BCUT2D eigenvalue weighted by atomic mass is 9.88. The summed E-state index contributed by atoms with van der Waals surface area (Å²) in [7, 11) is 0. The van der Waals surface area contributed by atoms with Crippen LogP contribution in [-0.4, -0.2) is 27.7 Å². The molecule has 1 aliphatic rings. The van der Waals surface area contributed by atoms with Gasteiger partial charge < -0.3 is 15.5 Å². The number of allylic oxidation sites excluding steroid dienone is 3. The first-order valence-corrected chi connectivity index (χ1v) is 4.50. The molecular weight excluding hydrogens is 222 g/mol. The quantitative estimate of drug-likeness (QED) is 0.658. The molecule has 0 aliphatic carbocycles. The number of hydrogen-bond donors (Lipinski definition) is 3. The van der Waals surface area contributed by atoms with Crippen molar-refractivity contribution >= 4 is 23.5 Å². The van der Waals surface area contributed by atoms with Crippen molar-refractivity contribution < 1.29 is 19.8 Å². The largest absolute Gasteiger partial charge is 0.479 e. The molecule has 6 heteroatoms. The lowest BCUT2D eigenvalue weighted by molar-refractivity contribution is -0.145. The molecule has 0 bridgehead atoms. The van der Waals surface area contributed by atoms with Crippen LogP contribution in [0.3, 0.4) is 0 Å². The van der Waals surface area contributed by atoms with Gasteiger partial charge in [0.2, 0.25) is 0 Å². The second kappa shape index (κ2) is 3.58. The molecule has 15 heavy (non-hydrogen) atoms. The molecule has 0 aromatic rings. The molecule has 0 saturated heterocycles. The van der Waals surface area contributed by atoms with E-state index in [1.54, 1.807) is 6.92 Å². The molecule has 0 amide bonds.